The number of benzene rings is 1. The Balaban J connectivity index is 1.63. The van der Waals surface area contributed by atoms with Gasteiger partial charge in [-0.2, -0.15) is 0 Å². The first-order valence-corrected chi connectivity index (χ1v) is 11.1. The Morgan fingerprint density at radius 3 is 2.31 bits per heavy atom. The van der Waals surface area contributed by atoms with Crippen LogP contribution in [-0.2, 0) is 14.3 Å². The topological polar surface area (TPSA) is 111 Å². The Bertz CT molecular complexity index is 861. The molecule has 0 unspecified atom stereocenters. The SMILES string of the molecule is COc1cc(C(=O)N2CCC(C(=O)N3C[C@@H](C)O[C@H](C)C3)CC2)cc(Cl)c1OCC(N)=O. The quantitative estimate of drug-likeness (QED) is 0.681. The summed E-state index contributed by atoms with van der Waals surface area (Å²) in [6.07, 6.45) is 1.27. The molecule has 10 heteroatoms. The molecule has 32 heavy (non-hydrogen) atoms. The predicted octanol–water partition coefficient (Wildman–Crippen LogP) is 1.70. The summed E-state index contributed by atoms with van der Waals surface area (Å²) >= 11 is 6.27. The normalized spacial score (nSPS) is 21.9. The van der Waals surface area contributed by atoms with Gasteiger partial charge in [-0.25, -0.2) is 0 Å². The monoisotopic (exact) mass is 467 g/mol. The van der Waals surface area contributed by atoms with Gasteiger partial charge in [0.05, 0.1) is 24.3 Å². The number of nitrogens with two attached hydrogens (primary N) is 1. The first-order valence-electron chi connectivity index (χ1n) is 10.7. The van der Waals surface area contributed by atoms with Crippen LogP contribution in [0.2, 0.25) is 5.02 Å². The van der Waals surface area contributed by atoms with Gasteiger partial charge in [0.15, 0.2) is 18.1 Å². The molecule has 0 bridgehead atoms. The van der Waals surface area contributed by atoms with Crippen molar-refractivity contribution in [3.63, 3.8) is 0 Å². The molecule has 0 radical (unpaired) electrons. The van der Waals surface area contributed by atoms with Gasteiger partial charge in [0, 0.05) is 37.7 Å². The van der Waals surface area contributed by atoms with Gasteiger partial charge in [0.2, 0.25) is 5.91 Å². The van der Waals surface area contributed by atoms with E-state index in [1.165, 1.54) is 19.2 Å². The van der Waals surface area contributed by atoms with E-state index in [0.29, 0.717) is 44.6 Å². The van der Waals surface area contributed by atoms with E-state index in [1.54, 1.807) is 4.90 Å². The van der Waals surface area contributed by atoms with E-state index in [4.69, 9.17) is 31.5 Å². The zero-order valence-corrected chi connectivity index (χ0v) is 19.4. The number of likely N-dealkylation sites (tertiary alicyclic amines) is 1. The summed E-state index contributed by atoms with van der Waals surface area (Å²) in [4.78, 5) is 40.6. The van der Waals surface area contributed by atoms with Crippen molar-refractivity contribution in [3.05, 3.63) is 22.7 Å². The number of rotatable bonds is 6. The van der Waals surface area contributed by atoms with E-state index >= 15 is 0 Å². The standard InChI is InChI=1S/C22H30ClN3O6/c1-13-10-26(11-14(2)32-13)21(28)15-4-6-25(7-5-15)22(29)16-8-17(23)20(18(9-16)30-3)31-12-19(24)27/h8-9,13-15H,4-7,10-12H2,1-3H3,(H2,24,27)/t13-,14-/m1/s1. The number of morpholine rings is 1. The highest BCUT2D eigenvalue weighted by atomic mass is 35.5. The minimum absolute atomic E-state index is 0.0269. The maximum absolute atomic E-state index is 13.0. The lowest BCUT2D eigenvalue weighted by Gasteiger charge is -2.39. The average Bonchev–Trinajstić information content (AvgIpc) is 2.76. The van der Waals surface area contributed by atoms with E-state index in [-0.39, 0.29) is 53.1 Å². The Hall–Kier alpha value is -2.52. The Labute approximate surface area is 192 Å². The number of ether oxygens (including phenoxy) is 3. The van der Waals surface area contributed by atoms with Crippen LogP contribution in [0.1, 0.15) is 37.0 Å². The Kier molecular flexibility index (Phi) is 7.84. The molecule has 2 atom stereocenters. The molecule has 1 aromatic carbocycles. The van der Waals surface area contributed by atoms with Crippen molar-refractivity contribution in [1.29, 1.82) is 0 Å². The summed E-state index contributed by atoms with van der Waals surface area (Å²) in [6, 6.07) is 3.01. The molecule has 2 aliphatic heterocycles. The lowest BCUT2D eigenvalue weighted by molar-refractivity contribution is -0.148. The molecule has 2 fully saturated rings. The summed E-state index contributed by atoms with van der Waals surface area (Å²) in [5, 5.41) is 0.148. The predicted molar refractivity (Wildman–Crippen MR) is 118 cm³/mol. The molecule has 3 rings (SSSR count). The van der Waals surface area contributed by atoms with Gasteiger partial charge in [-0.15, -0.1) is 0 Å². The van der Waals surface area contributed by atoms with E-state index in [0.717, 1.165) is 0 Å². The fourth-order valence-electron chi connectivity index (χ4n) is 4.25. The number of halogens is 1. The second kappa shape index (κ2) is 10.4. The van der Waals surface area contributed by atoms with Crippen LogP contribution in [0.3, 0.4) is 0 Å². The first-order chi connectivity index (χ1) is 15.2. The molecule has 2 saturated heterocycles. The molecule has 2 heterocycles. The van der Waals surface area contributed by atoms with Crippen molar-refractivity contribution in [1.82, 2.24) is 9.80 Å². The van der Waals surface area contributed by atoms with Crippen molar-refractivity contribution in [2.75, 3.05) is 39.9 Å². The van der Waals surface area contributed by atoms with E-state index in [2.05, 4.69) is 0 Å². The van der Waals surface area contributed by atoms with Crippen LogP contribution in [0.15, 0.2) is 12.1 Å². The third-order valence-electron chi connectivity index (χ3n) is 5.70. The van der Waals surface area contributed by atoms with Crippen LogP contribution in [-0.4, -0.2) is 79.6 Å². The minimum atomic E-state index is -0.651. The largest absolute Gasteiger partial charge is 0.493 e. The molecule has 0 aromatic heterocycles. The van der Waals surface area contributed by atoms with Gasteiger partial charge in [0.25, 0.3) is 11.8 Å². The second-order valence-electron chi connectivity index (χ2n) is 8.31. The van der Waals surface area contributed by atoms with Crippen molar-refractivity contribution < 1.29 is 28.6 Å². The molecule has 176 valence electrons. The van der Waals surface area contributed by atoms with Crippen molar-refractivity contribution in [2.45, 2.75) is 38.9 Å². The molecule has 1 aromatic rings. The number of amides is 3. The maximum atomic E-state index is 13.0. The van der Waals surface area contributed by atoms with Crippen molar-refractivity contribution >= 4 is 29.3 Å². The van der Waals surface area contributed by atoms with E-state index in [1.807, 2.05) is 18.7 Å². The molecular formula is C22H30ClN3O6. The second-order valence-corrected chi connectivity index (χ2v) is 8.72. The number of nitrogens with zero attached hydrogens (tertiary/aromatic N) is 2. The number of hydrogen-bond acceptors (Lipinski definition) is 6. The smallest absolute Gasteiger partial charge is 0.255 e. The lowest BCUT2D eigenvalue weighted by atomic mass is 9.94. The number of piperidine rings is 1. The van der Waals surface area contributed by atoms with Crippen molar-refractivity contribution in [2.24, 2.45) is 11.7 Å². The van der Waals surface area contributed by atoms with Gasteiger partial charge in [0.1, 0.15) is 0 Å². The number of carbonyl (C=O) groups is 3. The maximum Gasteiger partial charge on any atom is 0.255 e. The zero-order chi connectivity index (χ0) is 23.4. The first kappa shape index (κ1) is 24.1. The number of methoxy groups -OCH3 is 1. The molecule has 0 aliphatic carbocycles. The van der Waals surface area contributed by atoms with Gasteiger partial charge in [-0.3, -0.25) is 14.4 Å². The number of hydrogen-bond donors (Lipinski definition) is 1. The number of carbonyl (C=O) groups excluding carboxylic acids is 3. The summed E-state index contributed by atoms with van der Waals surface area (Å²) in [6.45, 7) is 5.75. The summed E-state index contributed by atoms with van der Waals surface area (Å²) in [5.41, 5.74) is 5.46. The van der Waals surface area contributed by atoms with Crippen LogP contribution in [0.4, 0.5) is 0 Å². The molecule has 0 saturated carbocycles. The van der Waals surface area contributed by atoms with Gasteiger partial charge < -0.3 is 29.7 Å². The van der Waals surface area contributed by atoms with E-state index in [9.17, 15) is 14.4 Å². The van der Waals surface area contributed by atoms with E-state index < -0.39 is 5.91 Å². The molecular weight excluding hydrogens is 438 g/mol. The van der Waals surface area contributed by atoms with Gasteiger partial charge in [-0.1, -0.05) is 11.6 Å². The fraction of sp³-hybridized carbons (Fsp3) is 0.591. The summed E-state index contributed by atoms with van der Waals surface area (Å²) in [7, 11) is 1.42. The molecule has 0 spiro atoms. The number of primary amides is 1. The summed E-state index contributed by atoms with van der Waals surface area (Å²) < 4.78 is 16.3. The fourth-order valence-corrected chi connectivity index (χ4v) is 4.52. The Morgan fingerprint density at radius 1 is 1.12 bits per heavy atom. The Morgan fingerprint density at radius 2 is 1.75 bits per heavy atom. The van der Waals surface area contributed by atoms with Crippen LogP contribution in [0.25, 0.3) is 0 Å². The third-order valence-corrected chi connectivity index (χ3v) is 5.98. The van der Waals surface area contributed by atoms with Crippen LogP contribution >= 0.6 is 11.6 Å². The molecule has 3 amide bonds. The minimum Gasteiger partial charge on any atom is -0.493 e. The molecule has 2 N–H and O–H groups in total. The third kappa shape index (κ3) is 5.63. The summed E-state index contributed by atoms with van der Waals surface area (Å²) in [5.74, 6) is -0.419. The van der Waals surface area contributed by atoms with Crippen LogP contribution in [0, 0.1) is 5.92 Å². The average molecular weight is 468 g/mol. The highest BCUT2D eigenvalue weighted by Crippen LogP contribution is 2.37. The molecule has 2 aliphatic rings. The van der Waals surface area contributed by atoms with Gasteiger partial charge >= 0.3 is 0 Å². The highest BCUT2D eigenvalue weighted by Gasteiger charge is 2.34. The van der Waals surface area contributed by atoms with Crippen LogP contribution in [0.5, 0.6) is 11.5 Å². The zero-order valence-electron chi connectivity index (χ0n) is 18.6. The van der Waals surface area contributed by atoms with Crippen LogP contribution < -0.4 is 15.2 Å². The lowest BCUT2D eigenvalue weighted by Crippen LogP contribution is -2.51. The highest BCUT2D eigenvalue weighted by molar-refractivity contribution is 6.32. The molecule has 9 nitrogen and oxygen atoms in total. The van der Waals surface area contributed by atoms with Crippen molar-refractivity contribution in [3.8, 4) is 11.5 Å². The van der Waals surface area contributed by atoms with Gasteiger partial charge in [-0.05, 0) is 38.8 Å².